The van der Waals surface area contributed by atoms with Gasteiger partial charge in [-0.1, -0.05) is 28.1 Å². The SMILES string of the molecule is Cc1[nH]nc2c1[C@H](c1cc(I)c(OCc3ccc(Br)cc3)c(I)c1)C(C#N)=C(N)O2. The van der Waals surface area contributed by atoms with Crippen LogP contribution in [0.3, 0.4) is 0 Å². The number of ether oxygens (including phenoxy) is 2. The van der Waals surface area contributed by atoms with Crippen molar-refractivity contribution in [2.45, 2.75) is 19.4 Å². The normalized spacial score (nSPS) is 15.4. The predicted molar refractivity (Wildman–Crippen MR) is 133 cm³/mol. The second-order valence-corrected chi connectivity index (χ2v) is 9.96. The summed E-state index contributed by atoms with van der Waals surface area (Å²) in [7, 11) is 0. The fraction of sp³-hybridized carbons (Fsp3) is 0.143. The van der Waals surface area contributed by atoms with Crippen molar-refractivity contribution in [3.8, 4) is 17.7 Å². The number of benzene rings is 2. The van der Waals surface area contributed by atoms with Crippen molar-refractivity contribution >= 4 is 61.1 Å². The summed E-state index contributed by atoms with van der Waals surface area (Å²) in [5.74, 6) is 0.964. The van der Waals surface area contributed by atoms with Gasteiger partial charge in [-0.05, 0) is 87.5 Å². The van der Waals surface area contributed by atoms with Gasteiger partial charge >= 0.3 is 0 Å². The zero-order chi connectivity index (χ0) is 21.4. The summed E-state index contributed by atoms with van der Waals surface area (Å²) in [6.45, 7) is 2.38. The number of aromatic nitrogens is 2. The summed E-state index contributed by atoms with van der Waals surface area (Å²) in [5, 5.41) is 16.8. The van der Waals surface area contributed by atoms with Crippen LogP contribution in [0.2, 0.25) is 0 Å². The standard InChI is InChI=1S/C21H15BrI2N4O2/c1-10-17-18(14(8-25)20(26)30-21(17)28-27-10)12-6-15(23)19(16(24)7-12)29-9-11-2-4-13(22)5-3-11/h2-7,18H,9,26H2,1H3,(H,27,28)/t18-/m1/s1. The molecule has 4 rings (SSSR count). The molecule has 1 atom stereocenters. The number of aromatic amines is 1. The molecule has 3 N–H and O–H groups in total. The zero-order valence-corrected chi connectivity index (χ0v) is 21.6. The van der Waals surface area contributed by atoms with Crippen molar-refractivity contribution in [2.75, 3.05) is 0 Å². The lowest BCUT2D eigenvalue weighted by atomic mass is 9.84. The van der Waals surface area contributed by atoms with Gasteiger partial charge in [-0.2, -0.15) is 5.26 Å². The summed E-state index contributed by atoms with van der Waals surface area (Å²) in [6.07, 6.45) is 0. The molecule has 0 unspecified atom stereocenters. The average Bonchev–Trinajstić information content (AvgIpc) is 3.07. The summed E-state index contributed by atoms with van der Waals surface area (Å²) >= 11 is 7.97. The molecule has 0 saturated heterocycles. The Hall–Kier alpha value is -1.78. The summed E-state index contributed by atoms with van der Waals surface area (Å²) in [4.78, 5) is 0. The van der Waals surface area contributed by atoms with Crippen LogP contribution >= 0.6 is 61.1 Å². The highest BCUT2D eigenvalue weighted by molar-refractivity contribution is 14.1. The summed E-state index contributed by atoms with van der Waals surface area (Å²) in [5.41, 5.74) is 10.1. The van der Waals surface area contributed by atoms with Crippen molar-refractivity contribution in [3.05, 3.63) is 81.9 Å². The van der Waals surface area contributed by atoms with Gasteiger partial charge in [0, 0.05) is 15.7 Å². The van der Waals surface area contributed by atoms with E-state index in [2.05, 4.69) is 77.4 Å². The molecule has 0 amide bonds. The van der Waals surface area contributed by atoms with Gasteiger partial charge < -0.3 is 15.2 Å². The van der Waals surface area contributed by atoms with E-state index in [1.807, 2.05) is 43.3 Å². The zero-order valence-electron chi connectivity index (χ0n) is 15.7. The van der Waals surface area contributed by atoms with Crippen LogP contribution in [0.1, 0.15) is 28.3 Å². The number of aryl methyl sites for hydroxylation is 1. The van der Waals surface area contributed by atoms with Crippen molar-refractivity contribution < 1.29 is 9.47 Å². The Morgan fingerprint density at radius 2 is 1.93 bits per heavy atom. The minimum Gasteiger partial charge on any atom is -0.487 e. The van der Waals surface area contributed by atoms with Crippen LogP contribution in [0.4, 0.5) is 0 Å². The van der Waals surface area contributed by atoms with Crippen molar-refractivity contribution in [1.29, 1.82) is 5.26 Å². The minimum atomic E-state index is -0.347. The van der Waals surface area contributed by atoms with E-state index < -0.39 is 0 Å². The minimum absolute atomic E-state index is 0.0853. The molecule has 0 spiro atoms. The highest BCUT2D eigenvalue weighted by Crippen LogP contribution is 2.44. The van der Waals surface area contributed by atoms with Crippen LogP contribution in [0.5, 0.6) is 11.6 Å². The number of nitriles is 1. The number of halogens is 3. The first-order valence-electron chi connectivity index (χ1n) is 8.87. The number of fused-ring (bicyclic) bond motifs is 1. The Balaban J connectivity index is 1.70. The molecule has 2 aromatic carbocycles. The molecule has 1 aliphatic heterocycles. The Kier molecular flexibility index (Phi) is 6.26. The average molecular weight is 689 g/mol. The Labute approximate surface area is 209 Å². The Bertz CT molecular complexity index is 1180. The quantitative estimate of drug-likeness (QED) is 0.354. The van der Waals surface area contributed by atoms with Crippen LogP contribution < -0.4 is 15.2 Å². The Morgan fingerprint density at radius 3 is 2.57 bits per heavy atom. The lowest BCUT2D eigenvalue weighted by Gasteiger charge is -2.24. The molecular formula is C21H15BrI2N4O2. The summed E-state index contributed by atoms with van der Waals surface area (Å²) < 4.78 is 14.6. The smallest absolute Gasteiger partial charge is 0.244 e. The van der Waals surface area contributed by atoms with Gasteiger partial charge in [0.25, 0.3) is 0 Å². The van der Waals surface area contributed by atoms with Crippen LogP contribution in [0.15, 0.2) is 52.3 Å². The van der Waals surface area contributed by atoms with Gasteiger partial charge in [-0.3, -0.25) is 5.10 Å². The molecule has 9 heteroatoms. The highest BCUT2D eigenvalue weighted by Gasteiger charge is 2.34. The molecule has 0 bridgehead atoms. The molecule has 1 aromatic heterocycles. The van der Waals surface area contributed by atoms with Gasteiger partial charge in [0.05, 0.1) is 13.1 Å². The maximum Gasteiger partial charge on any atom is 0.244 e. The maximum absolute atomic E-state index is 9.74. The van der Waals surface area contributed by atoms with Gasteiger partial charge in [-0.25, -0.2) is 0 Å². The van der Waals surface area contributed by atoms with E-state index in [1.165, 1.54) is 0 Å². The number of allylic oxidation sites excluding steroid dienone is 1. The van der Waals surface area contributed by atoms with Crippen LogP contribution in [-0.2, 0) is 6.61 Å². The van der Waals surface area contributed by atoms with E-state index in [4.69, 9.17) is 15.2 Å². The number of hydrogen-bond donors (Lipinski definition) is 2. The number of nitrogens with zero attached hydrogens (tertiary/aromatic N) is 2. The van der Waals surface area contributed by atoms with E-state index in [-0.39, 0.29) is 11.8 Å². The second-order valence-electron chi connectivity index (χ2n) is 6.72. The maximum atomic E-state index is 9.74. The third kappa shape index (κ3) is 4.04. The first kappa shape index (κ1) is 21.5. The van der Waals surface area contributed by atoms with Crippen molar-refractivity contribution in [2.24, 2.45) is 5.73 Å². The van der Waals surface area contributed by atoms with Gasteiger partial charge in [0.15, 0.2) is 0 Å². The second kappa shape index (κ2) is 8.76. The lowest BCUT2D eigenvalue weighted by molar-refractivity contribution is 0.301. The molecule has 2 heterocycles. The predicted octanol–water partition coefficient (Wildman–Crippen LogP) is 5.49. The van der Waals surface area contributed by atoms with Gasteiger partial charge in [0.1, 0.15) is 24.0 Å². The largest absolute Gasteiger partial charge is 0.487 e. The lowest BCUT2D eigenvalue weighted by Crippen LogP contribution is -2.21. The fourth-order valence-electron chi connectivity index (χ4n) is 3.35. The van der Waals surface area contributed by atoms with Crippen molar-refractivity contribution in [3.63, 3.8) is 0 Å². The Morgan fingerprint density at radius 1 is 1.27 bits per heavy atom. The van der Waals surface area contributed by atoms with Crippen LogP contribution in [0.25, 0.3) is 0 Å². The molecule has 3 aromatic rings. The topological polar surface area (TPSA) is 97.0 Å². The van der Waals surface area contributed by atoms with Crippen LogP contribution in [0, 0.1) is 25.4 Å². The van der Waals surface area contributed by atoms with E-state index in [9.17, 15) is 5.26 Å². The van der Waals surface area contributed by atoms with E-state index in [0.717, 1.165) is 39.7 Å². The molecule has 6 nitrogen and oxygen atoms in total. The molecule has 0 fully saturated rings. The van der Waals surface area contributed by atoms with E-state index >= 15 is 0 Å². The number of nitrogens with two attached hydrogens (primary N) is 1. The van der Waals surface area contributed by atoms with E-state index in [0.29, 0.717) is 18.1 Å². The fourth-order valence-corrected chi connectivity index (χ4v) is 5.74. The van der Waals surface area contributed by atoms with Gasteiger partial charge in [-0.15, -0.1) is 5.10 Å². The third-order valence-corrected chi connectivity index (χ3v) is 6.91. The number of hydrogen-bond acceptors (Lipinski definition) is 5. The highest BCUT2D eigenvalue weighted by atomic mass is 127. The molecule has 152 valence electrons. The van der Waals surface area contributed by atoms with E-state index in [1.54, 1.807) is 0 Å². The van der Waals surface area contributed by atoms with Gasteiger partial charge in [0.2, 0.25) is 11.8 Å². The molecular weight excluding hydrogens is 674 g/mol. The number of H-pyrrole nitrogens is 1. The first-order chi connectivity index (χ1) is 14.4. The van der Waals surface area contributed by atoms with Crippen LogP contribution in [-0.4, -0.2) is 10.2 Å². The number of nitrogens with one attached hydrogen (secondary N) is 1. The number of rotatable bonds is 4. The first-order valence-corrected chi connectivity index (χ1v) is 11.8. The molecule has 1 aliphatic rings. The molecule has 0 aliphatic carbocycles. The summed E-state index contributed by atoms with van der Waals surface area (Å²) in [6, 6.07) is 14.3. The third-order valence-electron chi connectivity index (χ3n) is 4.78. The molecule has 0 radical (unpaired) electrons. The monoisotopic (exact) mass is 688 g/mol. The molecule has 30 heavy (non-hydrogen) atoms. The van der Waals surface area contributed by atoms with Crippen molar-refractivity contribution in [1.82, 2.24) is 10.2 Å². The molecule has 0 saturated carbocycles.